The third kappa shape index (κ3) is 49.4. The van der Waals surface area contributed by atoms with Gasteiger partial charge in [0.1, 0.15) is 38.4 Å². The maximum absolute atomic E-state index is 14.8. The first-order valence-electron chi connectivity index (χ1n) is 30.1. The number of nitrogen functional groups attached to an aromatic ring is 1. The predicted molar refractivity (Wildman–Crippen MR) is 388 cm³/mol. The molecule has 4 heterocycles. The molecule has 136 heavy (non-hydrogen) atoms. The molecule has 776 valence electrons. The van der Waals surface area contributed by atoms with Crippen molar-refractivity contribution in [2.45, 2.75) is 71.8 Å². The van der Waals surface area contributed by atoms with Crippen LogP contribution in [0.25, 0.3) is 0 Å². The summed E-state index contributed by atoms with van der Waals surface area (Å²) in [6.07, 6.45) is -36.5. The second kappa shape index (κ2) is 54.3. The number of phosphoric acid groups is 12. The predicted octanol–water partition coefficient (Wildman–Crippen LogP) is 6.59. The Bertz CT molecular complexity index is 5420. The Morgan fingerprint density at radius 3 is 0.801 bits per heavy atom. The van der Waals surface area contributed by atoms with E-state index < -0.39 is 276 Å². The number of nitrogens with zero attached hydrogens (tertiary/aromatic N) is 5. The van der Waals surface area contributed by atoms with Gasteiger partial charge in [-0.3, -0.25) is 35.5 Å². The number of rotatable bonds is 44. The number of nitrogens with one attached hydrogen (secondary N) is 3. The fourth-order valence-electron chi connectivity index (χ4n) is 7.11. The van der Waals surface area contributed by atoms with Gasteiger partial charge in [0.15, 0.2) is 22.7 Å². The summed E-state index contributed by atoms with van der Waals surface area (Å²) in [4.78, 5) is 170. The number of aliphatic hydroxyl groups excluding tert-OH is 4. The van der Waals surface area contributed by atoms with Crippen LogP contribution in [0.2, 0.25) is 0 Å². The van der Waals surface area contributed by atoms with Gasteiger partial charge in [-0.05, 0) is 24.4 Å². The van der Waals surface area contributed by atoms with Crippen LogP contribution in [0.15, 0.2) is 34.4 Å². The Hall–Kier alpha value is 0.588. The van der Waals surface area contributed by atoms with Crippen LogP contribution in [-0.4, -0.2) is 235 Å². The number of H-pyrrole nitrogens is 3. The summed E-state index contributed by atoms with van der Waals surface area (Å²) >= 11 is 22.4. The average molecular weight is 3260 g/mol. The summed E-state index contributed by atoms with van der Waals surface area (Å²) in [5.74, 6) is -6.61. The first-order chi connectivity index (χ1) is 58.3. The van der Waals surface area contributed by atoms with E-state index in [1.807, 2.05) is 4.98 Å². The van der Waals surface area contributed by atoms with Crippen molar-refractivity contribution in [2.75, 3.05) is 32.2 Å². The Labute approximate surface area is 857 Å². The molecule has 0 spiro atoms. The molecular formula is C40H49F20N9O46P12S5U4. The van der Waals surface area contributed by atoms with Gasteiger partial charge in [-0.2, -0.15) is 87.2 Å². The summed E-state index contributed by atoms with van der Waals surface area (Å²) in [5, 5.41) is 38.6. The Kier molecular flexibility index (Phi) is 57.1. The number of halogens is 20. The zero-order valence-electron chi connectivity index (χ0n) is 62.9. The number of nitrogens with two attached hydrogens (primary N) is 1. The van der Waals surface area contributed by atoms with Crippen LogP contribution in [0.3, 0.4) is 0 Å². The van der Waals surface area contributed by atoms with Crippen molar-refractivity contribution in [3.63, 3.8) is 0 Å². The van der Waals surface area contributed by atoms with E-state index in [0.29, 0.717) is 0 Å². The largest absolute Gasteiger partial charge is 2.00 e. The van der Waals surface area contributed by atoms with Crippen molar-refractivity contribution in [2.24, 2.45) is 0 Å². The molecule has 0 saturated carbocycles. The quantitative estimate of drug-likeness (QED) is 0.00960. The first kappa shape index (κ1) is 143. The molecule has 0 bridgehead atoms. The topological polar surface area (TPSA) is 860 Å². The minimum Gasteiger partial charge on any atom is -0.457 e. The van der Waals surface area contributed by atoms with Gasteiger partial charge in [-0.25, -0.2) is 89.9 Å². The first-order valence-corrected chi connectivity index (χ1v) is 50.2. The van der Waals surface area contributed by atoms with Crippen molar-refractivity contribution in [3.05, 3.63) is 144 Å². The number of anilines is 1. The second-order valence-electron chi connectivity index (χ2n) is 22.4. The average Bonchev–Trinajstić information content (AvgIpc) is 0.786. The number of hydrogen-bond acceptors (Lipinski definition) is 37. The molecule has 12 unspecified atom stereocenters. The molecule has 0 fully saturated rings. The van der Waals surface area contributed by atoms with Gasteiger partial charge in [-0.15, -0.1) is 36.7 Å². The number of phosphoric ester groups is 4. The van der Waals surface area contributed by atoms with E-state index in [2.05, 4.69) is 119 Å². The van der Waals surface area contributed by atoms with Crippen LogP contribution in [0.5, 0.6) is 0 Å². The van der Waals surface area contributed by atoms with E-state index in [1.54, 1.807) is 9.97 Å². The summed E-state index contributed by atoms with van der Waals surface area (Å²) in [7, 11) is -69.7. The number of hydrogen-bond donors (Lipinski definition) is 24. The molecule has 4 aromatic rings. The van der Waals surface area contributed by atoms with E-state index in [-0.39, 0.29) is 200 Å². The van der Waals surface area contributed by atoms with Gasteiger partial charge in [0.05, 0.1) is 14.3 Å². The van der Waals surface area contributed by atoms with E-state index in [4.69, 9.17) is 64.5 Å². The zero-order valence-corrected chi connectivity index (χ0v) is 94.4. The molecule has 0 radical (unpaired) electrons. The Morgan fingerprint density at radius 2 is 0.551 bits per heavy atom. The maximum Gasteiger partial charge on any atom is 2.00 e. The Morgan fingerprint density at radius 1 is 0.338 bits per heavy atom. The SMILES string of the molecule is Nc1nc(=S)n([CH-]C(F)([C@@H](O)[CH-]COP(=O)(O)OP(=O)(O)OP(=O)(O)O)C(F)(F)F)cc1F.O=P(O)(O)OP(=O)(O)OP(=O)(O)OC[CH-][C@H](O)C(F)([CH-]n1cc(F)c(=S)[nH]c1=S)C(F)(F)F.O=c1[nH]c(=S)c(F)cn1[CH-]C(F)([C@@H](O)[CH-]COP(=O)(O)OP(=O)(O)OP(=O)(O)O)C(F)(F)F.O=c1[nH]c(=S)n([CH-]C(F)([C@@H](O)[CH-]COP(=O)(O)OP(=O)(O)OP(=O)(O)O)C(F)(F)F)cc1F.[U+2].[U+2].[U+2].[U+2]. The van der Waals surface area contributed by atoms with E-state index in [0.717, 1.165) is 0 Å². The van der Waals surface area contributed by atoms with Crippen molar-refractivity contribution < 1.29 is 418 Å². The van der Waals surface area contributed by atoms with Crippen molar-refractivity contribution in [1.29, 1.82) is 0 Å². The minimum absolute atomic E-state index is 0. The number of aliphatic hydroxyl groups is 4. The van der Waals surface area contributed by atoms with Crippen LogP contribution >= 0.6 is 155 Å². The second-order valence-corrected chi connectivity index (χ2v) is 42.1. The number of aromatic amines is 3. The van der Waals surface area contributed by atoms with Crippen LogP contribution in [0.4, 0.5) is 93.6 Å². The Balaban J connectivity index is -0.000000846. The fourth-order valence-corrected chi connectivity index (χ4v) is 20.0. The molecule has 0 aliphatic carbocycles. The molecule has 55 nitrogen and oxygen atoms in total. The molecule has 96 heteroatoms. The standard InChI is InChI=1S/C10H13F5N3O11P3S.2C10H12F5N2O12P3S.C10H12F5N2O11P3S2.4U/c11-5-3-18(8(33)17-7(5)16)4-9(12,10(13,14)15)6(19)1-2-27-31(23,24)29-32(25,26)28-30(20,21)22;11-5-3-17(8(19)16-7(5)33)4-9(12,10(13,14)15)6(18)1-2-27-31(23,24)29-32(25,26)28-30(20,21)22;11-5-3-17(8(33)16-7(5)19)4-9(12,10(13,14)15)6(18)1-2-27-31(23,24)29-32(25,26)28-30(20,21)22;11-5-3-17(8(33)16-7(5)32)4-9(12,10(13,14)15)6(18)1-2-26-30(22,23)28-31(24,25)27-29(19,20)21;;;;/h1,3-4,6,19H,2H2,(H,23,24)(H,25,26)(H2,16,17,33)(H2,20,21,22);2*1,3-4,6,18H,2H2,(H,23,24)(H,25,26)(H,16,19,33)(H2,20,21,22);1,3-4,6,18H,2H2,(H,22,23)(H,24,25)(H,16,32,33)(H2,19,20,21);;;;/q4*-2;4*+2/t4*6-,9?;;;;/m0000..../s1. The van der Waals surface area contributed by atoms with E-state index in [9.17, 15) is 192 Å². The van der Waals surface area contributed by atoms with Crippen molar-refractivity contribution >= 4 is 161 Å². The van der Waals surface area contributed by atoms with E-state index >= 15 is 0 Å². The molecule has 0 saturated heterocycles. The summed E-state index contributed by atoms with van der Waals surface area (Å²) in [5.41, 5.74) is -16.9. The monoisotopic (exact) mass is 3250 g/mol. The third-order valence-electron chi connectivity index (χ3n) is 12.4. The molecule has 0 aliphatic rings. The zero-order chi connectivity index (χ0) is 104. The molecule has 0 amide bonds. The molecular weight excluding hydrogens is 3210 g/mol. The summed E-state index contributed by atoms with van der Waals surface area (Å²) < 4.78 is 443. The molecule has 16 atom stereocenters. The molecule has 0 aromatic carbocycles. The fraction of sp³-hybridized carbons (Fsp3) is 0.400. The normalized spacial score (nSPS) is 18.6. The van der Waals surface area contributed by atoms with E-state index in [1.165, 1.54) is 0 Å². The van der Waals surface area contributed by atoms with Crippen LogP contribution in [0.1, 0.15) is 0 Å². The van der Waals surface area contributed by atoms with Crippen LogP contribution in [0, 0.1) is 223 Å². The molecule has 4 aromatic heterocycles. The smallest absolute Gasteiger partial charge is 0.457 e. The van der Waals surface area contributed by atoms with Crippen molar-refractivity contribution in [3.8, 4) is 0 Å². The van der Waals surface area contributed by atoms with Gasteiger partial charge in [0.2, 0.25) is 5.69 Å². The van der Waals surface area contributed by atoms with Gasteiger partial charge < -0.3 is 161 Å². The van der Waals surface area contributed by atoms with Gasteiger partial charge in [0.25, 0.3) is 5.56 Å². The number of aromatic nitrogens is 8. The van der Waals surface area contributed by atoms with Gasteiger partial charge in [-0.1, -0.05) is 102 Å². The van der Waals surface area contributed by atoms with Gasteiger partial charge >= 0.3 is 243 Å². The minimum atomic E-state index is -5.97. The van der Waals surface area contributed by atoms with Crippen LogP contribution < -0.4 is 17.0 Å². The van der Waals surface area contributed by atoms with Crippen LogP contribution in [-0.2, 0) is 107 Å². The third-order valence-corrected chi connectivity index (χ3v) is 29.1. The molecule has 25 N–H and O–H groups in total. The summed E-state index contributed by atoms with van der Waals surface area (Å²) in [6.45, 7) is -8.19. The summed E-state index contributed by atoms with van der Waals surface area (Å²) in [6, 6.07) is 0. The molecule has 0 aliphatic heterocycles. The maximum atomic E-state index is 14.8. The van der Waals surface area contributed by atoms with Gasteiger partial charge in [0, 0.05) is 0 Å². The number of alkyl halides is 16. The van der Waals surface area contributed by atoms with Crippen molar-refractivity contribution in [1.82, 2.24) is 38.2 Å². The molecule has 4 rings (SSSR count).